The number of nitrogens with one attached hydrogen (secondary N) is 2. The predicted molar refractivity (Wildman–Crippen MR) is 99.8 cm³/mol. The highest BCUT2D eigenvalue weighted by Crippen LogP contribution is 2.29. The van der Waals surface area contributed by atoms with Crippen molar-refractivity contribution in [3.05, 3.63) is 40.8 Å². The Balaban J connectivity index is 1.61. The van der Waals surface area contributed by atoms with Gasteiger partial charge in [-0.1, -0.05) is 0 Å². The number of rotatable bonds is 7. The van der Waals surface area contributed by atoms with Gasteiger partial charge >= 0.3 is 6.18 Å². The van der Waals surface area contributed by atoms with Crippen LogP contribution in [0.5, 0.6) is 5.88 Å². The number of aromatic nitrogens is 3. The Kier molecular flexibility index (Phi) is 6.18. The molecule has 11 heteroatoms. The molecule has 0 saturated heterocycles. The van der Waals surface area contributed by atoms with Gasteiger partial charge in [0.1, 0.15) is 5.69 Å². The lowest BCUT2D eigenvalue weighted by atomic mass is 10.1. The molecule has 0 spiro atoms. The number of aryl methyl sites for hydroxylation is 2. The fourth-order valence-electron chi connectivity index (χ4n) is 2.54. The minimum Gasteiger partial charge on any atom is -0.468 e. The average Bonchev–Trinajstić information content (AvgIpc) is 3.49. The molecule has 1 aliphatic rings. The van der Waals surface area contributed by atoms with Crippen LogP contribution in [0.3, 0.4) is 0 Å². The van der Waals surface area contributed by atoms with Gasteiger partial charge in [-0.2, -0.15) is 13.2 Å². The molecule has 2 heterocycles. The normalized spacial score (nSPS) is 13.6. The number of amides is 2. The van der Waals surface area contributed by atoms with Gasteiger partial charge in [0.05, 0.1) is 0 Å². The summed E-state index contributed by atoms with van der Waals surface area (Å²) in [7, 11) is 0. The Morgan fingerprint density at radius 2 is 1.93 bits per heavy atom. The number of ether oxygens (including phenoxy) is 1. The first-order valence-electron chi connectivity index (χ1n) is 9.20. The molecule has 2 aromatic heterocycles. The zero-order chi connectivity index (χ0) is 21.9. The number of nitrogens with zero attached hydrogens (tertiary/aromatic N) is 3. The third-order valence-corrected chi connectivity index (χ3v) is 4.29. The second kappa shape index (κ2) is 8.64. The van der Waals surface area contributed by atoms with Crippen LogP contribution in [0.25, 0.3) is 0 Å². The summed E-state index contributed by atoms with van der Waals surface area (Å²) in [5.41, 5.74) is 1.82. The van der Waals surface area contributed by atoms with Crippen LogP contribution in [0.1, 0.15) is 40.2 Å². The van der Waals surface area contributed by atoms with Crippen molar-refractivity contribution < 1.29 is 27.5 Å². The van der Waals surface area contributed by atoms with Gasteiger partial charge in [0, 0.05) is 30.4 Å². The maximum absolute atomic E-state index is 12.5. The number of carbonyl (C=O) groups excluding carboxylic acids is 2. The van der Waals surface area contributed by atoms with E-state index in [2.05, 4.69) is 30.3 Å². The van der Waals surface area contributed by atoms with E-state index < -0.39 is 18.7 Å². The molecule has 0 bridgehead atoms. The first-order valence-corrected chi connectivity index (χ1v) is 9.20. The lowest BCUT2D eigenvalue weighted by molar-refractivity contribution is -0.154. The number of hydrogen-bond acceptors (Lipinski definition) is 6. The number of anilines is 1. The molecule has 1 aliphatic carbocycles. The maximum atomic E-state index is 12.5. The molecular formula is C19H20F3N5O3. The molecule has 0 aliphatic heterocycles. The highest BCUT2D eigenvalue weighted by molar-refractivity contribution is 5.95. The van der Waals surface area contributed by atoms with Crippen molar-refractivity contribution in [2.24, 2.45) is 5.92 Å². The van der Waals surface area contributed by atoms with Crippen molar-refractivity contribution in [3.8, 4) is 5.88 Å². The minimum atomic E-state index is -4.45. The molecule has 2 N–H and O–H groups in total. The van der Waals surface area contributed by atoms with E-state index in [9.17, 15) is 22.8 Å². The number of hydrogen-bond donors (Lipinski definition) is 2. The van der Waals surface area contributed by atoms with Gasteiger partial charge in [-0.05, 0) is 43.9 Å². The molecule has 3 rings (SSSR count). The van der Waals surface area contributed by atoms with Gasteiger partial charge in [-0.3, -0.25) is 14.9 Å². The molecule has 0 unspecified atom stereocenters. The summed E-state index contributed by atoms with van der Waals surface area (Å²) >= 11 is 0. The SMILES string of the molecule is Cc1cc(C(=O)NCc2cnc(OCC(F)(F)F)cc2C)nc(NC(=O)C2CC2)n1. The highest BCUT2D eigenvalue weighted by Gasteiger charge is 2.30. The summed E-state index contributed by atoms with van der Waals surface area (Å²) in [5, 5.41) is 5.28. The molecule has 2 amide bonds. The number of halogens is 3. The van der Waals surface area contributed by atoms with E-state index in [-0.39, 0.29) is 35.9 Å². The fraction of sp³-hybridized carbons (Fsp3) is 0.421. The summed E-state index contributed by atoms with van der Waals surface area (Å²) in [6, 6.07) is 2.86. The van der Waals surface area contributed by atoms with Crippen molar-refractivity contribution in [2.75, 3.05) is 11.9 Å². The van der Waals surface area contributed by atoms with Crippen LogP contribution in [-0.4, -0.2) is 39.5 Å². The van der Waals surface area contributed by atoms with Gasteiger partial charge in [0.15, 0.2) is 6.61 Å². The predicted octanol–water partition coefficient (Wildman–Crippen LogP) is 2.71. The van der Waals surface area contributed by atoms with Gasteiger partial charge in [-0.25, -0.2) is 15.0 Å². The third-order valence-electron chi connectivity index (χ3n) is 4.29. The second-order valence-corrected chi connectivity index (χ2v) is 7.02. The molecule has 30 heavy (non-hydrogen) atoms. The van der Waals surface area contributed by atoms with E-state index in [0.717, 1.165) is 12.8 Å². The zero-order valence-corrected chi connectivity index (χ0v) is 16.3. The van der Waals surface area contributed by atoms with Crippen LogP contribution in [-0.2, 0) is 11.3 Å². The Bertz CT molecular complexity index is 961. The quantitative estimate of drug-likeness (QED) is 0.709. The summed E-state index contributed by atoms with van der Waals surface area (Å²) in [5.74, 6) is -0.755. The van der Waals surface area contributed by atoms with Crippen molar-refractivity contribution >= 4 is 17.8 Å². The van der Waals surface area contributed by atoms with Gasteiger partial charge < -0.3 is 10.1 Å². The largest absolute Gasteiger partial charge is 0.468 e. The van der Waals surface area contributed by atoms with Crippen molar-refractivity contribution in [3.63, 3.8) is 0 Å². The number of alkyl halides is 3. The van der Waals surface area contributed by atoms with Gasteiger partial charge in [0.2, 0.25) is 17.7 Å². The molecule has 1 fully saturated rings. The molecule has 0 atom stereocenters. The highest BCUT2D eigenvalue weighted by atomic mass is 19.4. The zero-order valence-electron chi connectivity index (χ0n) is 16.3. The smallest absolute Gasteiger partial charge is 0.422 e. The summed E-state index contributed by atoms with van der Waals surface area (Å²) in [4.78, 5) is 36.4. The summed E-state index contributed by atoms with van der Waals surface area (Å²) < 4.78 is 41.3. The molecule has 160 valence electrons. The maximum Gasteiger partial charge on any atom is 0.422 e. The molecule has 0 radical (unpaired) electrons. The standard InChI is InChI=1S/C19H20F3N5O3/c1-10-5-15(30-9-19(20,21)22)23-7-13(10)8-24-17(29)14-6-11(2)25-18(26-14)27-16(28)12-3-4-12/h5-7,12H,3-4,8-9H2,1-2H3,(H,24,29)(H,25,26,27,28). The Morgan fingerprint density at radius 3 is 2.57 bits per heavy atom. The lowest BCUT2D eigenvalue weighted by Gasteiger charge is -2.12. The molecule has 1 saturated carbocycles. The Hall–Kier alpha value is -3.24. The summed E-state index contributed by atoms with van der Waals surface area (Å²) in [6.07, 6.45) is -1.44. The van der Waals surface area contributed by atoms with Gasteiger partial charge in [0.25, 0.3) is 5.91 Å². The van der Waals surface area contributed by atoms with E-state index in [1.807, 2.05) is 0 Å². The van der Waals surface area contributed by atoms with Crippen LogP contribution in [0.2, 0.25) is 0 Å². The molecule has 2 aromatic rings. The summed E-state index contributed by atoms with van der Waals surface area (Å²) in [6.45, 7) is 2.01. The van der Waals surface area contributed by atoms with E-state index in [4.69, 9.17) is 0 Å². The van der Waals surface area contributed by atoms with Crippen molar-refractivity contribution in [1.29, 1.82) is 0 Å². The van der Waals surface area contributed by atoms with Crippen LogP contribution < -0.4 is 15.4 Å². The van der Waals surface area contributed by atoms with Crippen LogP contribution in [0.15, 0.2) is 18.3 Å². The first-order chi connectivity index (χ1) is 14.1. The topological polar surface area (TPSA) is 106 Å². The average molecular weight is 423 g/mol. The monoisotopic (exact) mass is 423 g/mol. The minimum absolute atomic E-state index is 0.0232. The van der Waals surface area contributed by atoms with Crippen LogP contribution in [0.4, 0.5) is 19.1 Å². The first kappa shape index (κ1) is 21.5. The van der Waals surface area contributed by atoms with E-state index in [0.29, 0.717) is 16.8 Å². The molecular weight excluding hydrogens is 403 g/mol. The molecule has 8 nitrogen and oxygen atoms in total. The second-order valence-electron chi connectivity index (χ2n) is 7.02. The third kappa shape index (κ3) is 6.13. The fourth-order valence-corrected chi connectivity index (χ4v) is 2.54. The lowest BCUT2D eigenvalue weighted by Crippen LogP contribution is -2.26. The number of carbonyl (C=O) groups is 2. The van der Waals surface area contributed by atoms with Crippen LogP contribution >= 0.6 is 0 Å². The van der Waals surface area contributed by atoms with E-state index in [1.54, 1.807) is 13.8 Å². The van der Waals surface area contributed by atoms with Crippen molar-refractivity contribution in [1.82, 2.24) is 20.3 Å². The van der Waals surface area contributed by atoms with E-state index in [1.165, 1.54) is 18.3 Å². The van der Waals surface area contributed by atoms with E-state index >= 15 is 0 Å². The number of pyridine rings is 1. The Labute approximate surface area is 170 Å². The molecule has 0 aromatic carbocycles. The Morgan fingerprint density at radius 1 is 1.20 bits per heavy atom. The van der Waals surface area contributed by atoms with Crippen LogP contribution in [0, 0.1) is 19.8 Å². The van der Waals surface area contributed by atoms with Gasteiger partial charge in [-0.15, -0.1) is 0 Å². The van der Waals surface area contributed by atoms with Crippen molar-refractivity contribution in [2.45, 2.75) is 39.4 Å².